The normalized spacial score (nSPS) is 19.8. The molecule has 0 saturated carbocycles. The van der Waals surface area contributed by atoms with E-state index >= 15 is 0 Å². The van der Waals surface area contributed by atoms with Crippen LogP contribution in [-0.2, 0) is 0 Å². The van der Waals surface area contributed by atoms with Gasteiger partial charge in [0.2, 0.25) is 0 Å². The second kappa shape index (κ2) is 6.00. The summed E-state index contributed by atoms with van der Waals surface area (Å²) < 4.78 is 0. The van der Waals surface area contributed by atoms with Gasteiger partial charge in [0.25, 0.3) is 0 Å². The molecule has 4 heteroatoms. The first kappa shape index (κ1) is 12.4. The van der Waals surface area contributed by atoms with Gasteiger partial charge in [0, 0.05) is 19.6 Å². The molecule has 0 radical (unpaired) electrons. The average Bonchev–Trinajstić information content (AvgIpc) is 2.62. The third kappa shape index (κ3) is 3.19. The topological polar surface area (TPSA) is 55.7 Å². The maximum Gasteiger partial charge on any atom is 0.115 e. The fourth-order valence-corrected chi connectivity index (χ4v) is 2.31. The molecule has 4 nitrogen and oxygen atoms in total. The molecule has 2 rings (SSSR count). The van der Waals surface area contributed by atoms with Gasteiger partial charge in [-0.15, -0.1) is 0 Å². The number of aliphatic hydroxyl groups excluding tert-OH is 1. The molecule has 17 heavy (non-hydrogen) atoms. The van der Waals surface area contributed by atoms with Crippen molar-refractivity contribution in [2.75, 3.05) is 32.8 Å². The SMILES string of the molecule is OCC(c1ccc(O)cc1)N1CCCNCC1. The van der Waals surface area contributed by atoms with E-state index in [4.69, 9.17) is 0 Å². The second-order valence-corrected chi connectivity index (χ2v) is 4.43. The molecule has 1 aliphatic heterocycles. The lowest BCUT2D eigenvalue weighted by molar-refractivity contribution is 0.130. The Morgan fingerprint density at radius 1 is 1.18 bits per heavy atom. The van der Waals surface area contributed by atoms with Crippen LogP contribution in [0.4, 0.5) is 0 Å². The van der Waals surface area contributed by atoms with Crippen LogP contribution < -0.4 is 5.32 Å². The van der Waals surface area contributed by atoms with E-state index in [0.29, 0.717) is 0 Å². The minimum atomic E-state index is 0.0375. The zero-order chi connectivity index (χ0) is 12.1. The summed E-state index contributed by atoms with van der Waals surface area (Å²) in [5.74, 6) is 0.267. The Kier molecular flexibility index (Phi) is 4.36. The maximum absolute atomic E-state index is 9.57. The van der Waals surface area contributed by atoms with Crippen LogP contribution >= 0.6 is 0 Å². The second-order valence-electron chi connectivity index (χ2n) is 4.43. The Labute approximate surface area is 102 Å². The van der Waals surface area contributed by atoms with Crippen LogP contribution in [0.2, 0.25) is 0 Å². The van der Waals surface area contributed by atoms with Crippen LogP contribution in [0.15, 0.2) is 24.3 Å². The summed E-state index contributed by atoms with van der Waals surface area (Å²) in [6, 6.07) is 7.15. The van der Waals surface area contributed by atoms with E-state index < -0.39 is 0 Å². The minimum Gasteiger partial charge on any atom is -0.508 e. The molecular weight excluding hydrogens is 216 g/mol. The Morgan fingerprint density at radius 2 is 1.94 bits per heavy atom. The third-order valence-electron chi connectivity index (χ3n) is 3.27. The number of hydrogen-bond acceptors (Lipinski definition) is 4. The number of nitrogens with one attached hydrogen (secondary N) is 1. The van der Waals surface area contributed by atoms with Crippen molar-refractivity contribution >= 4 is 0 Å². The van der Waals surface area contributed by atoms with Crippen LogP contribution in [-0.4, -0.2) is 47.9 Å². The van der Waals surface area contributed by atoms with Crippen molar-refractivity contribution in [1.29, 1.82) is 0 Å². The Hall–Kier alpha value is -1.10. The van der Waals surface area contributed by atoms with E-state index in [-0.39, 0.29) is 18.4 Å². The zero-order valence-electron chi connectivity index (χ0n) is 9.97. The van der Waals surface area contributed by atoms with Gasteiger partial charge in [0.1, 0.15) is 5.75 Å². The van der Waals surface area contributed by atoms with Crippen molar-refractivity contribution in [2.24, 2.45) is 0 Å². The summed E-state index contributed by atoms with van der Waals surface area (Å²) in [5.41, 5.74) is 1.06. The Balaban J connectivity index is 2.11. The predicted molar refractivity (Wildman–Crippen MR) is 67.0 cm³/mol. The molecule has 94 valence electrons. The van der Waals surface area contributed by atoms with Gasteiger partial charge in [0.05, 0.1) is 12.6 Å². The highest BCUT2D eigenvalue weighted by Gasteiger charge is 2.20. The summed E-state index contributed by atoms with van der Waals surface area (Å²) >= 11 is 0. The van der Waals surface area contributed by atoms with E-state index in [1.54, 1.807) is 12.1 Å². The highest BCUT2D eigenvalue weighted by molar-refractivity contribution is 5.28. The molecule has 0 bridgehead atoms. The molecule has 1 atom stereocenters. The lowest BCUT2D eigenvalue weighted by Crippen LogP contribution is -2.34. The summed E-state index contributed by atoms with van der Waals surface area (Å²) in [6.45, 7) is 4.08. The quantitative estimate of drug-likeness (QED) is 0.724. The first-order chi connectivity index (χ1) is 8.31. The van der Waals surface area contributed by atoms with Crippen molar-refractivity contribution < 1.29 is 10.2 Å². The number of phenols is 1. The maximum atomic E-state index is 9.57. The number of hydrogen-bond donors (Lipinski definition) is 3. The van der Waals surface area contributed by atoms with Gasteiger partial charge >= 0.3 is 0 Å². The number of phenolic OH excluding ortho intramolecular Hbond substituents is 1. The standard InChI is InChI=1S/C13H20N2O2/c16-10-13(11-2-4-12(17)5-3-11)15-8-1-6-14-7-9-15/h2-5,13-14,16-17H,1,6-10H2. The first-order valence-corrected chi connectivity index (χ1v) is 6.16. The van der Waals surface area contributed by atoms with Crippen molar-refractivity contribution in [1.82, 2.24) is 10.2 Å². The third-order valence-corrected chi connectivity index (χ3v) is 3.27. The van der Waals surface area contributed by atoms with E-state index in [2.05, 4.69) is 10.2 Å². The molecule has 0 aliphatic carbocycles. The molecule has 1 unspecified atom stereocenters. The van der Waals surface area contributed by atoms with Crippen molar-refractivity contribution in [3.05, 3.63) is 29.8 Å². The molecule has 0 spiro atoms. The first-order valence-electron chi connectivity index (χ1n) is 6.16. The molecule has 1 fully saturated rings. The predicted octanol–water partition coefficient (Wildman–Crippen LogP) is 0.721. The van der Waals surface area contributed by atoms with E-state index in [1.165, 1.54) is 0 Å². The van der Waals surface area contributed by atoms with Gasteiger partial charge in [-0.1, -0.05) is 12.1 Å². The van der Waals surface area contributed by atoms with E-state index in [1.807, 2.05) is 12.1 Å². The van der Waals surface area contributed by atoms with Crippen molar-refractivity contribution in [2.45, 2.75) is 12.5 Å². The largest absolute Gasteiger partial charge is 0.508 e. The number of benzene rings is 1. The van der Waals surface area contributed by atoms with Crippen LogP contribution in [0.5, 0.6) is 5.75 Å². The fraction of sp³-hybridized carbons (Fsp3) is 0.538. The lowest BCUT2D eigenvalue weighted by atomic mass is 10.1. The van der Waals surface area contributed by atoms with Crippen molar-refractivity contribution in [3.8, 4) is 5.75 Å². The van der Waals surface area contributed by atoms with Gasteiger partial charge < -0.3 is 15.5 Å². The summed E-state index contributed by atoms with van der Waals surface area (Å²) in [4.78, 5) is 2.30. The lowest BCUT2D eigenvalue weighted by Gasteiger charge is -2.29. The summed E-state index contributed by atoms with van der Waals surface area (Å²) in [6.07, 6.45) is 1.11. The number of rotatable bonds is 3. The minimum absolute atomic E-state index is 0.0375. The monoisotopic (exact) mass is 236 g/mol. The molecule has 1 heterocycles. The van der Waals surface area contributed by atoms with E-state index in [9.17, 15) is 10.2 Å². The molecule has 1 aromatic rings. The smallest absolute Gasteiger partial charge is 0.115 e. The fourth-order valence-electron chi connectivity index (χ4n) is 2.31. The average molecular weight is 236 g/mol. The van der Waals surface area contributed by atoms with Gasteiger partial charge in [-0.3, -0.25) is 4.90 Å². The van der Waals surface area contributed by atoms with Gasteiger partial charge in [-0.05, 0) is 30.7 Å². The van der Waals surface area contributed by atoms with Gasteiger partial charge in [-0.25, -0.2) is 0 Å². The Bertz CT molecular complexity index is 332. The van der Waals surface area contributed by atoms with E-state index in [0.717, 1.165) is 38.2 Å². The summed E-state index contributed by atoms with van der Waals surface area (Å²) in [5, 5.41) is 22.2. The molecule has 1 saturated heterocycles. The van der Waals surface area contributed by atoms with Crippen LogP contribution in [0.25, 0.3) is 0 Å². The van der Waals surface area contributed by atoms with Gasteiger partial charge in [0.15, 0.2) is 0 Å². The number of nitrogens with zero attached hydrogens (tertiary/aromatic N) is 1. The number of aliphatic hydroxyl groups is 1. The highest BCUT2D eigenvalue weighted by Crippen LogP contribution is 2.22. The highest BCUT2D eigenvalue weighted by atomic mass is 16.3. The van der Waals surface area contributed by atoms with Crippen molar-refractivity contribution in [3.63, 3.8) is 0 Å². The molecular formula is C13H20N2O2. The molecule has 1 aromatic carbocycles. The zero-order valence-corrected chi connectivity index (χ0v) is 9.97. The molecule has 0 amide bonds. The molecule has 3 N–H and O–H groups in total. The number of aromatic hydroxyl groups is 1. The van der Waals surface area contributed by atoms with Crippen LogP contribution in [0.1, 0.15) is 18.0 Å². The van der Waals surface area contributed by atoms with Crippen LogP contribution in [0, 0.1) is 0 Å². The van der Waals surface area contributed by atoms with Crippen LogP contribution in [0.3, 0.4) is 0 Å². The summed E-state index contributed by atoms with van der Waals surface area (Å²) in [7, 11) is 0. The Morgan fingerprint density at radius 3 is 2.65 bits per heavy atom. The van der Waals surface area contributed by atoms with Gasteiger partial charge in [-0.2, -0.15) is 0 Å². The molecule has 1 aliphatic rings. The molecule has 0 aromatic heterocycles.